The number of nitrogens with zero attached hydrogens (tertiary/aromatic N) is 4. The number of aliphatic hydroxyl groups is 1. The van der Waals surface area contributed by atoms with Crippen LogP contribution in [0.25, 0.3) is 6.08 Å². The number of aliphatic hydroxyl groups excluding tert-OH is 1. The number of aromatic nitrogens is 3. The number of ether oxygens (including phenoxy) is 1. The van der Waals surface area contributed by atoms with Crippen molar-refractivity contribution < 1.29 is 43.8 Å². The van der Waals surface area contributed by atoms with Gasteiger partial charge in [0.2, 0.25) is 0 Å². The molecule has 0 radical (unpaired) electrons. The van der Waals surface area contributed by atoms with Crippen LogP contribution >= 0.6 is 8.15 Å². The van der Waals surface area contributed by atoms with E-state index in [1.807, 2.05) is 13.2 Å². The number of aliphatic carboxylic acids is 1. The van der Waals surface area contributed by atoms with E-state index in [1.54, 1.807) is 37.7 Å². The first kappa shape index (κ1) is 55.9. The van der Waals surface area contributed by atoms with Gasteiger partial charge in [-0.25, -0.2) is 9.48 Å². The Balaban J connectivity index is 0.000000280. The highest BCUT2D eigenvalue weighted by Crippen LogP contribution is 2.49. The average molecular weight is 911 g/mol. The zero-order chi connectivity index (χ0) is 47.4. The first-order valence-electron chi connectivity index (χ1n) is 22.3. The molecular formula is C48H75N6O9P. The topological polar surface area (TPSA) is 205 Å². The summed E-state index contributed by atoms with van der Waals surface area (Å²) in [5.41, 5.74) is 7.19. The number of carbonyl (C=O) groups excluding carboxylic acids is 3. The number of carboxylic acid groups (broad SMARTS) is 1. The van der Waals surface area contributed by atoms with Gasteiger partial charge in [0.25, 0.3) is 0 Å². The van der Waals surface area contributed by atoms with Crippen molar-refractivity contribution in [3.05, 3.63) is 81.7 Å². The molecule has 5 unspecified atom stereocenters. The molecule has 6 rings (SSSR count). The third-order valence-electron chi connectivity index (χ3n) is 10.8. The molecule has 1 aliphatic carbocycles. The van der Waals surface area contributed by atoms with Crippen molar-refractivity contribution in [2.45, 2.75) is 122 Å². The minimum Gasteiger partial charge on any atom is -0.507 e. The standard InChI is InChI=1S/C13H19N.C10H15N3O.C10H21N2O4P.C9H10O2.C6H10O2/c1-5-6-13-9-12(10-14(3)4)8-7-11(13)2;14-7-6-13-8-10(11-12-13)9-4-2-1-3-5-9;1-11-5-7(13)6-17-9(12-2)4-3-8(16-17)10(14)15;1-6-3-8(5-10)4-7(2)9(6)11;7-4-6-2-1-3-8-5-6/h5-9H,10H2,1-4H3;7-9H,1-6H2;7-9,11-13H,3-6H2,1-2H3,(H,14,15);3-5,11H,1-2H3;4,6H,1-3,5H2/b6-5+;;;;. The quantitative estimate of drug-likeness (QED) is 0.0832. The Morgan fingerprint density at radius 1 is 0.984 bits per heavy atom. The second-order valence-electron chi connectivity index (χ2n) is 16.7. The SMILES string of the molecule is C/C=C/c1cc(CN(C)C)ccc1C.CNCC(O)CP1OC(C(=O)O)CCC1NC.Cc1cc(C=O)cc(C)c1O.O=CC1CCCOC1.O=CCn1cc(C2CCCCC2)nn1. The van der Waals surface area contributed by atoms with Gasteiger partial charge >= 0.3 is 5.97 Å². The maximum absolute atomic E-state index is 10.9. The summed E-state index contributed by atoms with van der Waals surface area (Å²) in [5, 5.41) is 42.1. The maximum Gasteiger partial charge on any atom is 0.333 e. The Morgan fingerprint density at radius 3 is 2.22 bits per heavy atom. The number of likely N-dealkylation sites (N-methyl/N-ethyl adjacent to an activating group) is 1. The van der Waals surface area contributed by atoms with Crippen molar-refractivity contribution in [1.29, 1.82) is 0 Å². The lowest BCUT2D eigenvalue weighted by Gasteiger charge is -2.35. The molecule has 3 aromatic rings. The zero-order valence-electron chi connectivity index (χ0n) is 39.4. The Bertz CT molecular complexity index is 1820. The average Bonchev–Trinajstić information content (AvgIpc) is 3.77. The summed E-state index contributed by atoms with van der Waals surface area (Å²) in [5.74, 6) is 0.297. The van der Waals surface area contributed by atoms with Crippen LogP contribution in [0.4, 0.5) is 0 Å². The maximum atomic E-state index is 10.9. The highest BCUT2D eigenvalue weighted by molar-refractivity contribution is 7.53. The zero-order valence-corrected chi connectivity index (χ0v) is 40.3. The van der Waals surface area contributed by atoms with E-state index in [4.69, 9.17) is 14.4 Å². The number of hydrogen-bond donors (Lipinski definition) is 5. The van der Waals surface area contributed by atoms with Gasteiger partial charge in [0.05, 0.1) is 38.9 Å². The van der Waals surface area contributed by atoms with Crippen LogP contribution in [0, 0.1) is 26.7 Å². The fraction of sp³-hybridized carbons (Fsp3) is 0.583. The van der Waals surface area contributed by atoms with Crippen LogP contribution in [0.2, 0.25) is 0 Å². The van der Waals surface area contributed by atoms with Gasteiger partial charge in [-0.2, -0.15) is 0 Å². The highest BCUT2D eigenvalue weighted by Gasteiger charge is 2.35. The van der Waals surface area contributed by atoms with Crippen LogP contribution in [0.5, 0.6) is 5.75 Å². The Morgan fingerprint density at radius 2 is 1.69 bits per heavy atom. The molecule has 2 aromatic carbocycles. The number of aromatic hydroxyl groups is 1. The molecule has 3 aliphatic rings. The van der Waals surface area contributed by atoms with Gasteiger partial charge in [-0.3, -0.25) is 4.79 Å². The van der Waals surface area contributed by atoms with E-state index >= 15 is 0 Å². The van der Waals surface area contributed by atoms with Gasteiger partial charge in [0.15, 0.2) is 6.10 Å². The van der Waals surface area contributed by atoms with E-state index in [0.717, 1.165) is 68.1 Å². The Hall–Kier alpha value is -4.21. The molecule has 5 N–H and O–H groups in total. The summed E-state index contributed by atoms with van der Waals surface area (Å²) in [7, 11) is 6.86. The first-order valence-corrected chi connectivity index (χ1v) is 23.9. The molecule has 1 saturated carbocycles. The number of aldehydes is 3. The molecule has 3 fully saturated rings. The van der Waals surface area contributed by atoms with E-state index in [0.29, 0.717) is 43.8 Å². The largest absolute Gasteiger partial charge is 0.507 e. The number of phenolic OH excluding ortho intramolecular Hbond substituents is 1. The van der Waals surface area contributed by atoms with E-state index < -0.39 is 26.3 Å². The normalized spacial score (nSPS) is 20.2. The number of benzene rings is 2. The lowest BCUT2D eigenvalue weighted by Crippen LogP contribution is -2.38. The number of rotatable bonds is 14. The van der Waals surface area contributed by atoms with E-state index in [9.17, 15) is 29.4 Å². The molecule has 1 aromatic heterocycles. The van der Waals surface area contributed by atoms with Crippen LogP contribution in [0.1, 0.15) is 114 Å². The summed E-state index contributed by atoms with van der Waals surface area (Å²) >= 11 is 0. The van der Waals surface area contributed by atoms with E-state index in [1.165, 1.54) is 48.8 Å². The van der Waals surface area contributed by atoms with Gasteiger partial charge in [-0.05, 0) is 134 Å². The summed E-state index contributed by atoms with van der Waals surface area (Å²) < 4.78 is 12.2. The second kappa shape index (κ2) is 31.6. The minimum absolute atomic E-state index is 0.173. The number of carboxylic acids is 1. The number of nitrogens with one attached hydrogen (secondary N) is 2. The fourth-order valence-corrected chi connectivity index (χ4v) is 9.66. The Labute approximate surface area is 382 Å². The van der Waals surface area contributed by atoms with Gasteiger partial charge < -0.3 is 49.7 Å². The van der Waals surface area contributed by atoms with Gasteiger partial charge in [0, 0.05) is 49.5 Å². The Kier molecular flexibility index (Phi) is 27.6. The predicted octanol–water partition coefficient (Wildman–Crippen LogP) is 6.82. The minimum atomic E-state index is -0.940. The van der Waals surface area contributed by atoms with Crippen molar-refractivity contribution in [2.75, 3.05) is 54.1 Å². The number of aryl methyl sites for hydroxylation is 3. The van der Waals surface area contributed by atoms with Gasteiger partial charge in [0.1, 0.15) is 24.6 Å². The molecule has 3 heterocycles. The fourth-order valence-electron chi connectivity index (χ4n) is 7.39. The van der Waals surface area contributed by atoms with Crippen LogP contribution < -0.4 is 10.6 Å². The molecule has 0 amide bonds. The van der Waals surface area contributed by atoms with Gasteiger partial charge in [-0.1, -0.05) is 54.8 Å². The summed E-state index contributed by atoms with van der Waals surface area (Å²) in [6.45, 7) is 11.0. The van der Waals surface area contributed by atoms with Crippen molar-refractivity contribution in [3.8, 4) is 5.75 Å². The van der Waals surface area contributed by atoms with Crippen LogP contribution in [0.15, 0.2) is 42.6 Å². The molecule has 16 heteroatoms. The number of carbonyl (C=O) groups is 4. The highest BCUT2D eigenvalue weighted by atomic mass is 31.1. The number of hydrogen-bond acceptors (Lipinski definition) is 13. The molecule has 2 aliphatic heterocycles. The number of allylic oxidation sites excluding steroid dienone is 1. The molecule has 0 bridgehead atoms. The van der Waals surface area contributed by atoms with Crippen LogP contribution in [-0.2, 0) is 36.7 Å². The van der Waals surface area contributed by atoms with E-state index in [2.05, 4.69) is 84.1 Å². The second-order valence-corrected chi connectivity index (χ2v) is 18.7. The van der Waals surface area contributed by atoms with E-state index in [-0.39, 0.29) is 17.5 Å². The van der Waals surface area contributed by atoms with Crippen molar-refractivity contribution in [3.63, 3.8) is 0 Å². The van der Waals surface area contributed by atoms with Crippen LogP contribution in [0.3, 0.4) is 0 Å². The molecule has 15 nitrogen and oxygen atoms in total. The monoisotopic (exact) mass is 911 g/mol. The summed E-state index contributed by atoms with van der Waals surface area (Å²) in [6.07, 6.45) is 17.8. The van der Waals surface area contributed by atoms with Crippen molar-refractivity contribution in [1.82, 2.24) is 30.5 Å². The summed E-state index contributed by atoms with van der Waals surface area (Å²) in [4.78, 5) is 43.8. The lowest BCUT2D eigenvalue weighted by atomic mass is 9.87. The molecular weight excluding hydrogens is 836 g/mol. The van der Waals surface area contributed by atoms with Crippen molar-refractivity contribution >= 4 is 39.1 Å². The third-order valence-corrected chi connectivity index (χ3v) is 13.3. The van der Waals surface area contributed by atoms with Gasteiger partial charge in [-0.15, -0.1) is 5.10 Å². The molecule has 5 atom stereocenters. The molecule has 64 heavy (non-hydrogen) atoms. The van der Waals surface area contributed by atoms with Crippen molar-refractivity contribution in [2.24, 2.45) is 5.92 Å². The third kappa shape index (κ3) is 21.2. The lowest BCUT2D eigenvalue weighted by molar-refractivity contribution is -0.145. The smallest absolute Gasteiger partial charge is 0.333 e. The summed E-state index contributed by atoms with van der Waals surface area (Å²) in [6, 6.07) is 9.97. The predicted molar refractivity (Wildman–Crippen MR) is 254 cm³/mol. The van der Waals surface area contributed by atoms with Crippen LogP contribution in [-0.4, -0.2) is 132 Å². The molecule has 2 saturated heterocycles. The number of phenols is 1. The first-order chi connectivity index (χ1) is 30.7. The molecule has 356 valence electrons. The molecule has 0 spiro atoms.